The molecule has 0 saturated heterocycles. The van der Waals surface area contributed by atoms with Gasteiger partial charge in [-0.3, -0.25) is 0 Å². The topological polar surface area (TPSA) is 67.2 Å². The Morgan fingerprint density at radius 1 is 0.600 bits per heavy atom. The number of nitrogens with zero attached hydrogens (tertiary/aromatic N) is 3. The van der Waals surface area contributed by atoms with Crippen LogP contribution in [0, 0.1) is 22.7 Å². The largest absolute Gasteiger partial charge is 0.260 e. The minimum Gasteiger partial charge on any atom is -0.240 e. The molecule has 0 aliphatic heterocycles. The maximum absolute atomic E-state index is 10.4. The molecule has 2 aliphatic rings. The summed E-state index contributed by atoms with van der Waals surface area (Å²) in [6, 6.07) is 59.1. The number of imidazole rings is 1. The molecule has 5 heteroatoms. The molecule has 2 aromatic heterocycles. The normalized spacial score (nSPS) is 14.7. The highest BCUT2D eigenvalue weighted by molar-refractivity contribution is 7.20. The van der Waals surface area contributed by atoms with Crippen molar-refractivity contribution in [1.82, 2.24) is 4.98 Å². The van der Waals surface area contributed by atoms with Gasteiger partial charge in [0.25, 0.3) is 5.82 Å². The number of fused-ring (bicyclic) bond motifs is 13. The zero-order chi connectivity index (χ0) is 36.8. The summed E-state index contributed by atoms with van der Waals surface area (Å²) >= 11 is 1.54. The third-order valence-electron chi connectivity index (χ3n) is 11.8. The predicted octanol–water partition coefficient (Wildman–Crippen LogP) is 11.6. The van der Waals surface area contributed by atoms with E-state index in [2.05, 4.69) is 156 Å². The Hall–Kier alpha value is -7.05. The lowest BCUT2D eigenvalue weighted by molar-refractivity contribution is -0.576. The Balaban J connectivity index is 1.12. The zero-order valence-corrected chi connectivity index (χ0v) is 30.7. The number of aryl methyl sites for hydroxylation is 1. The van der Waals surface area contributed by atoms with E-state index in [9.17, 15) is 10.5 Å². The van der Waals surface area contributed by atoms with Crippen LogP contribution in [0.1, 0.15) is 45.4 Å². The van der Waals surface area contributed by atoms with Crippen molar-refractivity contribution in [2.24, 2.45) is 0 Å². The van der Waals surface area contributed by atoms with Crippen molar-refractivity contribution in [2.75, 3.05) is 0 Å². The molecule has 1 spiro atoms. The highest BCUT2D eigenvalue weighted by Crippen LogP contribution is 2.65. The van der Waals surface area contributed by atoms with Gasteiger partial charge in [0.15, 0.2) is 11.0 Å². The molecule has 0 amide bonds. The molecule has 2 aliphatic carbocycles. The lowest BCUT2D eigenvalue weighted by atomic mass is 9.70. The molecule has 2 heterocycles. The van der Waals surface area contributed by atoms with E-state index in [1.54, 1.807) is 11.3 Å². The number of para-hydroxylation sites is 2. The third kappa shape index (κ3) is 4.22. The number of aromatic nitrogens is 2. The number of aromatic amines is 1. The minimum absolute atomic E-state index is 0.520. The number of H-pyrrole nitrogens is 1. The molecule has 0 radical (unpaired) electrons. The predicted molar refractivity (Wildman–Crippen MR) is 221 cm³/mol. The molecule has 0 bridgehead atoms. The average Bonchev–Trinajstić information content (AvgIpc) is 3.98. The van der Waals surface area contributed by atoms with Gasteiger partial charge in [0.1, 0.15) is 16.6 Å². The highest BCUT2D eigenvalue weighted by Gasteiger charge is 2.52. The maximum atomic E-state index is 10.4. The second kappa shape index (κ2) is 11.7. The Morgan fingerprint density at radius 3 is 2.02 bits per heavy atom. The number of hydrogen-bond donors (Lipinski definition) is 1. The van der Waals surface area contributed by atoms with Crippen LogP contribution in [0.5, 0.6) is 0 Å². The van der Waals surface area contributed by atoms with E-state index in [0.717, 1.165) is 38.8 Å². The van der Waals surface area contributed by atoms with Crippen LogP contribution in [0.4, 0.5) is 0 Å². The van der Waals surface area contributed by atoms with Crippen molar-refractivity contribution in [3.63, 3.8) is 0 Å². The first-order valence-corrected chi connectivity index (χ1v) is 19.4. The summed E-state index contributed by atoms with van der Waals surface area (Å²) in [5.41, 5.74) is 17.7. The van der Waals surface area contributed by atoms with Gasteiger partial charge in [0, 0.05) is 22.1 Å². The highest BCUT2D eigenvalue weighted by atomic mass is 32.1. The first kappa shape index (κ1) is 31.5. The average molecular weight is 720 g/mol. The molecule has 0 saturated carbocycles. The van der Waals surface area contributed by atoms with Crippen molar-refractivity contribution in [3.05, 3.63) is 190 Å². The lowest BCUT2D eigenvalue weighted by Crippen LogP contribution is -2.33. The van der Waals surface area contributed by atoms with Crippen molar-refractivity contribution in [3.8, 4) is 62.3 Å². The van der Waals surface area contributed by atoms with E-state index in [1.807, 2.05) is 24.3 Å². The van der Waals surface area contributed by atoms with Crippen molar-refractivity contribution in [2.45, 2.75) is 18.8 Å². The van der Waals surface area contributed by atoms with Gasteiger partial charge >= 0.3 is 0 Å². The summed E-state index contributed by atoms with van der Waals surface area (Å²) in [4.78, 5) is 4.29. The summed E-state index contributed by atoms with van der Waals surface area (Å²) < 4.78 is 3.41. The molecule has 1 atom stereocenters. The SMILES string of the molecule is CCc1[nH]c2ccccc2[n+]1-c1ccc(-c2ccc3c(c2)-c2ccccc2C32c3ccccc3-c3c2ccc2sc(C#N)c(-c4ccc(C#N)cc4)c32)cc1. The van der Waals surface area contributed by atoms with Gasteiger partial charge < -0.3 is 0 Å². The van der Waals surface area contributed by atoms with E-state index in [0.29, 0.717) is 10.4 Å². The summed E-state index contributed by atoms with van der Waals surface area (Å²) in [6.07, 6.45) is 0.906. The van der Waals surface area contributed by atoms with Crippen LogP contribution in [0.25, 0.3) is 71.3 Å². The van der Waals surface area contributed by atoms with Gasteiger partial charge in [0.05, 0.1) is 17.0 Å². The standard InChI is InChI=1S/C50H30N4S/c1-2-46-53-42-13-7-8-14-43(42)54(46)34-22-19-31(20-23-34)33-21-24-40-37(27-33)35-9-3-5-11-38(35)50(40)39-12-6-4-10-36(39)48-41(50)25-26-44-49(48)47(45(29-52)55-44)32-17-15-30(28-51)16-18-32/h3-27H,2H2,1H3/p+1. The molecule has 1 unspecified atom stereocenters. The van der Waals surface area contributed by atoms with Gasteiger partial charge in [-0.25, -0.2) is 4.98 Å². The second-order valence-electron chi connectivity index (χ2n) is 14.4. The van der Waals surface area contributed by atoms with Crippen LogP contribution in [0.15, 0.2) is 152 Å². The van der Waals surface area contributed by atoms with Crippen LogP contribution in [0.2, 0.25) is 0 Å². The molecule has 55 heavy (non-hydrogen) atoms. The van der Waals surface area contributed by atoms with Crippen molar-refractivity contribution < 1.29 is 4.57 Å². The first-order chi connectivity index (χ1) is 27.1. The fourth-order valence-corrected chi connectivity index (χ4v) is 10.6. The molecule has 9 aromatic rings. The lowest BCUT2D eigenvalue weighted by Gasteiger charge is -2.30. The van der Waals surface area contributed by atoms with Gasteiger partial charge in [-0.1, -0.05) is 110 Å². The molecular weight excluding hydrogens is 689 g/mol. The van der Waals surface area contributed by atoms with Crippen LogP contribution in [-0.2, 0) is 11.8 Å². The fourth-order valence-electron chi connectivity index (χ4n) is 9.54. The zero-order valence-electron chi connectivity index (χ0n) is 29.9. The molecule has 256 valence electrons. The van der Waals surface area contributed by atoms with Crippen LogP contribution >= 0.6 is 11.3 Å². The van der Waals surface area contributed by atoms with E-state index < -0.39 is 5.41 Å². The Labute approximate surface area is 322 Å². The number of nitriles is 2. The van der Waals surface area contributed by atoms with E-state index >= 15 is 0 Å². The Kier molecular flexibility index (Phi) is 6.71. The van der Waals surface area contributed by atoms with E-state index in [4.69, 9.17) is 0 Å². The summed E-state index contributed by atoms with van der Waals surface area (Å²) in [7, 11) is 0. The monoisotopic (exact) mass is 719 g/mol. The molecule has 4 nitrogen and oxygen atoms in total. The van der Waals surface area contributed by atoms with Crippen molar-refractivity contribution in [1.29, 1.82) is 10.5 Å². The molecule has 7 aromatic carbocycles. The summed E-state index contributed by atoms with van der Waals surface area (Å²) in [5.74, 6) is 1.18. The number of hydrogen-bond acceptors (Lipinski definition) is 3. The number of rotatable bonds is 4. The first-order valence-electron chi connectivity index (χ1n) is 18.6. The minimum atomic E-state index is -0.520. The molecule has 11 rings (SSSR count). The van der Waals surface area contributed by atoms with Gasteiger partial charge in [-0.2, -0.15) is 15.1 Å². The summed E-state index contributed by atoms with van der Waals surface area (Å²) in [5, 5.41) is 21.1. The number of nitrogens with one attached hydrogen (secondary N) is 1. The maximum Gasteiger partial charge on any atom is 0.260 e. The Morgan fingerprint density at radius 2 is 1.25 bits per heavy atom. The van der Waals surface area contributed by atoms with E-state index in [-0.39, 0.29) is 0 Å². The van der Waals surface area contributed by atoms with Gasteiger partial charge in [0.2, 0.25) is 0 Å². The van der Waals surface area contributed by atoms with Crippen LogP contribution in [0.3, 0.4) is 0 Å². The van der Waals surface area contributed by atoms with Crippen molar-refractivity contribution >= 4 is 32.5 Å². The van der Waals surface area contributed by atoms with Crippen LogP contribution in [-0.4, -0.2) is 4.98 Å². The van der Waals surface area contributed by atoms with Gasteiger partial charge in [-0.05, 0) is 110 Å². The Bertz CT molecular complexity index is 3150. The molecule has 1 N–H and O–H groups in total. The van der Waals surface area contributed by atoms with Crippen LogP contribution < -0.4 is 4.57 Å². The number of thiophene rings is 1. The smallest absolute Gasteiger partial charge is 0.240 e. The quantitative estimate of drug-likeness (QED) is 0.184. The van der Waals surface area contributed by atoms with E-state index in [1.165, 1.54) is 67.0 Å². The third-order valence-corrected chi connectivity index (χ3v) is 12.9. The molecular formula is C50H31N4S+. The number of benzene rings is 7. The molecule has 0 fully saturated rings. The second-order valence-corrected chi connectivity index (χ2v) is 15.4. The van der Waals surface area contributed by atoms with Gasteiger partial charge in [-0.15, -0.1) is 11.3 Å². The fraction of sp³-hybridized carbons (Fsp3) is 0.0600. The summed E-state index contributed by atoms with van der Waals surface area (Å²) in [6.45, 7) is 2.19.